The highest BCUT2D eigenvalue weighted by atomic mass is 16.6. The van der Waals surface area contributed by atoms with E-state index in [9.17, 15) is 14.7 Å². The molecule has 7 nitrogen and oxygen atoms in total. The van der Waals surface area contributed by atoms with Crippen molar-refractivity contribution < 1.29 is 28.9 Å². The van der Waals surface area contributed by atoms with Crippen molar-refractivity contribution in [2.45, 2.75) is 45.3 Å². The molecular weight excluding hydrogens is 314 g/mol. The van der Waals surface area contributed by atoms with Crippen LogP contribution in [-0.2, 0) is 16.0 Å². The normalized spacial score (nSPS) is 12.2. The molecule has 1 amide bonds. The molecule has 0 saturated carbocycles. The molecule has 0 unspecified atom stereocenters. The van der Waals surface area contributed by atoms with Gasteiger partial charge >= 0.3 is 12.1 Å². The van der Waals surface area contributed by atoms with Gasteiger partial charge in [0.25, 0.3) is 0 Å². The molecule has 134 valence electrons. The van der Waals surface area contributed by atoms with E-state index >= 15 is 0 Å². The van der Waals surface area contributed by atoms with Crippen molar-refractivity contribution in [2.75, 3.05) is 14.2 Å². The molecule has 0 saturated heterocycles. The summed E-state index contributed by atoms with van der Waals surface area (Å²) in [5.74, 6) is 0.0613. The van der Waals surface area contributed by atoms with E-state index in [4.69, 9.17) is 14.2 Å². The van der Waals surface area contributed by atoms with Gasteiger partial charge in [0.2, 0.25) is 0 Å². The van der Waals surface area contributed by atoms with Crippen LogP contribution < -0.4 is 14.8 Å². The van der Waals surface area contributed by atoms with Crippen molar-refractivity contribution in [2.24, 2.45) is 0 Å². The number of benzene rings is 1. The van der Waals surface area contributed by atoms with Gasteiger partial charge in [0.15, 0.2) is 11.5 Å². The van der Waals surface area contributed by atoms with Crippen LogP contribution in [-0.4, -0.2) is 43.0 Å². The lowest BCUT2D eigenvalue weighted by molar-refractivity contribution is -0.139. The maximum atomic E-state index is 11.7. The topological polar surface area (TPSA) is 94.1 Å². The van der Waals surface area contributed by atoms with Gasteiger partial charge < -0.3 is 24.6 Å². The van der Waals surface area contributed by atoms with E-state index in [1.54, 1.807) is 40.0 Å². The Bertz CT molecular complexity index is 579. The van der Waals surface area contributed by atoms with Crippen LogP contribution in [0.2, 0.25) is 0 Å². The Kier molecular flexibility index (Phi) is 6.88. The monoisotopic (exact) mass is 339 g/mol. The lowest BCUT2D eigenvalue weighted by Gasteiger charge is -2.22. The number of carboxylic acid groups (broad SMARTS) is 1. The number of alkyl carbamates (subject to hydrolysis) is 1. The first-order chi connectivity index (χ1) is 11.2. The fraction of sp³-hybridized carbons (Fsp3) is 0.529. The van der Waals surface area contributed by atoms with Gasteiger partial charge in [-0.3, -0.25) is 0 Å². The summed E-state index contributed by atoms with van der Waals surface area (Å²) >= 11 is 0. The summed E-state index contributed by atoms with van der Waals surface area (Å²) in [4.78, 5) is 23.1. The van der Waals surface area contributed by atoms with Gasteiger partial charge in [-0.25, -0.2) is 9.59 Å². The summed E-state index contributed by atoms with van der Waals surface area (Å²) in [6, 6.07) is 4.33. The van der Waals surface area contributed by atoms with Crippen LogP contribution in [0.15, 0.2) is 18.2 Å². The number of carbonyl (C=O) groups is 2. The molecule has 0 spiro atoms. The highest BCUT2D eigenvalue weighted by Crippen LogP contribution is 2.28. The second-order valence-corrected chi connectivity index (χ2v) is 6.27. The van der Waals surface area contributed by atoms with Gasteiger partial charge in [-0.2, -0.15) is 0 Å². The minimum Gasteiger partial charge on any atom is -0.493 e. The van der Waals surface area contributed by atoms with Crippen molar-refractivity contribution in [1.82, 2.24) is 5.32 Å². The highest BCUT2D eigenvalue weighted by Gasteiger charge is 2.23. The van der Waals surface area contributed by atoms with E-state index < -0.39 is 23.7 Å². The summed E-state index contributed by atoms with van der Waals surface area (Å²) < 4.78 is 15.5. The summed E-state index contributed by atoms with van der Waals surface area (Å²) in [6.45, 7) is 5.14. The molecule has 0 aliphatic rings. The number of methoxy groups -OCH3 is 2. The van der Waals surface area contributed by atoms with Gasteiger partial charge in [-0.1, -0.05) is 6.07 Å². The van der Waals surface area contributed by atoms with E-state index in [0.717, 1.165) is 5.56 Å². The first-order valence-electron chi connectivity index (χ1n) is 7.59. The zero-order valence-corrected chi connectivity index (χ0v) is 14.7. The number of amides is 1. The van der Waals surface area contributed by atoms with Gasteiger partial charge in [-0.05, 0) is 51.3 Å². The maximum absolute atomic E-state index is 11.7. The molecule has 1 aromatic carbocycles. The second-order valence-electron chi connectivity index (χ2n) is 6.27. The van der Waals surface area contributed by atoms with E-state index in [0.29, 0.717) is 17.9 Å². The fourth-order valence-corrected chi connectivity index (χ4v) is 2.05. The molecule has 0 aliphatic heterocycles. The number of nitrogens with one attached hydrogen (secondary N) is 1. The molecule has 2 N–H and O–H groups in total. The van der Waals surface area contributed by atoms with Crippen molar-refractivity contribution in [3.63, 3.8) is 0 Å². The Balaban J connectivity index is 2.70. The summed E-state index contributed by atoms with van der Waals surface area (Å²) in [6.07, 6.45) is -0.0702. The average molecular weight is 339 g/mol. The summed E-state index contributed by atoms with van der Waals surface area (Å²) in [5, 5.41) is 11.6. The molecule has 24 heavy (non-hydrogen) atoms. The Labute approximate surface area is 141 Å². The van der Waals surface area contributed by atoms with E-state index in [1.165, 1.54) is 7.11 Å². The third-order valence-corrected chi connectivity index (χ3v) is 3.16. The molecule has 1 aromatic rings. The molecule has 0 radical (unpaired) electrons. The molecule has 7 heteroatoms. The van der Waals surface area contributed by atoms with Crippen LogP contribution in [0.25, 0.3) is 0 Å². The minimum absolute atomic E-state index is 0.226. The molecule has 1 rings (SSSR count). The van der Waals surface area contributed by atoms with E-state index in [1.807, 2.05) is 6.07 Å². The van der Waals surface area contributed by atoms with Crippen molar-refractivity contribution in [3.8, 4) is 11.5 Å². The second kappa shape index (κ2) is 8.42. The first kappa shape index (κ1) is 19.6. The number of hydrogen-bond acceptors (Lipinski definition) is 5. The van der Waals surface area contributed by atoms with Crippen LogP contribution in [0.3, 0.4) is 0 Å². The van der Waals surface area contributed by atoms with Gasteiger partial charge in [-0.15, -0.1) is 0 Å². The zero-order chi connectivity index (χ0) is 18.3. The standard InChI is InChI=1S/C17H25NO6/c1-17(2,3)24-16(21)18-12(15(19)20)8-6-11-7-9-13(22-4)14(10-11)23-5/h7,9-10,12H,6,8H2,1-5H3,(H,18,21)(H,19,20)/t12-/m1/s1. The largest absolute Gasteiger partial charge is 0.493 e. The fourth-order valence-electron chi connectivity index (χ4n) is 2.05. The van der Waals surface area contributed by atoms with Crippen LogP contribution in [0.4, 0.5) is 4.79 Å². The predicted octanol–water partition coefficient (Wildman–Crippen LogP) is 2.61. The quantitative estimate of drug-likeness (QED) is 0.793. The smallest absolute Gasteiger partial charge is 0.408 e. The summed E-state index contributed by atoms with van der Waals surface area (Å²) in [7, 11) is 3.08. The van der Waals surface area contributed by atoms with Crippen molar-refractivity contribution in [1.29, 1.82) is 0 Å². The van der Waals surface area contributed by atoms with Crippen LogP contribution in [0.5, 0.6) is 11.5 Å². The maximum Gasteiger partial charge on any atom is 0.408 e. The third kappa shape index (κ3) is 6.36. The molecule has 0 aromatic heterocycles. The third-order valence-electron chi connectivity index (χ3n) is 3.16. The summed E-state index contributed by atoms with van der Waals surface area (Å²) in [5.41, 5.74) is 0.195. The number of rotatable bonds is 7. The Hall–Kier alpha value is -2.44. The number of hydrogen-bond donors (Lipinski definition) is 2. The number of aliphatic carboxylic acids is 1. The van der Waals surface area contributed by atoms with Crippen LogP contribution in [0.1, 0.15) is 32.8 Å². The molecule has 0 fully saturated rings. The van der Waals surface area contributed by atoms with Gasteiger partial charge in [0.05, 0.1) is 14.2 Å². The number of ether oxygens (including phenoxy) is 3. The molecule has 0 aliphatic carbocycles. The number of carboxylic acids is 1. The minimum atomic E-state index is -1.11. The predicted molar refractivity (Wildman–Crippen MR) is 88.7 cm³/mol. The lowest BCUT2D eigenvalue weighted by Crippen LogP contribution is -2.43. The van der Waals surface area contributed by atoms with Crippen LogP contribution >= 0.6 is 0 Å². The Morgan fingerprint density at radius 1 is 1.17 bits per heavy atom. The van der Waals surface area contributed by atoms with Crippen molar-refractivity contribution >= 4 is 12.1 Å². The molecule has 0 heterocycles. The van der Waals surface area contributed by atoms with Crippen molar-refractivity contribution in [3.05, 3.63) is 23.8 Å². The SMILES string of the molecule is COc1ccc(CC[C@@H](NC(=O)OC(C)(C)C)C(=O)O)cc1OC. The van der Waals surface area contributed by atoms with Crippen LogP contribution in [0, 0.1) is 0 Å². The first-order valence-corrected chi connectivity index (χ1v) is 7.59. The Morgan fingerprint density at radius 3 is 2.29 bits per heavy atom. The Morgan fingerprint density at radius 2 is 1.79 bits per heavy atom. The van der Waals surface area contributed by atoms with Gasteiger partial charge in [0.1, 0.15) is 11.6 Å². The number of aryl methyl sites for hydroxylation is 1. The molecule has 1 atom stereocenters. The molecular formula is C17H25NO6. The lowest BCUT2D eigenvalue weighted by atomic mass is 10.0. The highest BCUT2D eigenvalue weighted by molar-refractivity contribution is 5.80. The number of carbonyl (C=O) groups excluding carboxylic acids is 1. The molecule has 0 bridgehead atoms. The van der Waals surface area contributed by atoms with E-state index in [-0.39, 0.29) is 6.42 Å². The zero-order valence-electron chi connectivity index (χ0n) is 14.7. The van der Waals surface area contributed by atoms with Gasteiger partial charge in [0, 0.05) is 0 Å². The van der Waals surface area contributed by atoms with E-state index in [2.05, 4.69) is 5.32 Å². The average Bonchev–Trinajstić information content (AvgIpc) is 2.48.